The number of hydrogen-bond donors (Lipinski definition) is 1. The topological polar surface area (TPSA) is 58.6 Å². The van der Waals surface area contributed by atoms with Crippen LogP contribution in [0.1, 0.15) is 13.8 Å². The number of rotatable bonds is 4. The Labute approximate surface area is 139 Å². The molecule has 0 aromatic carbocycles. The molecule has 2 saturated heterocycles. The van der Waals surface area contributed by atoms with Crippen molar-refractivity contribution in [1.82, 2.24) is 9.88 Å². The summed E-state index contributed by atoms with van der Waals surface area (Å²) in [6.45, 7) is 16.6. The molecule has 2 rings (SSSR count). The zero-order valence-electron chi connectivity index (χ0n) is 14.8. The second kappa shape index (κ2) is 5.36. The van der Waals surface area contributed by atoms with Crippen LogP contribution in [0.3, 0.4) is 0 Å². The number of fused-ring (bicyclic) bond motifs is 1. The molecular weight excluding hydrogens is 332 g/mol. The number of nitrogens with zero attached hydrogens (tertiary/aromatic N) is 1. The van der Waals surface area contributed by atoms with Crippen LogP contribution in [0.2, 0.25) is 39.3 Å². The van der Waals surface area contributed by atoms with Crippen molar-refractivity contribution in [2.45, 2.75) is 75.3 Å². The third kappa shape index (κ3) is 3.44. The van der Waals surface area contributed by atoms with E-state index in [1.54, 1.807) is 16.7 Å². The summed E-state index contributed by atoms with van der Waals surface area (Å²) in [5.41, 5.74) is 0. The van der Waals surface area contributed by atoms with E-state index < -0.39 is 22.6 Å². The van der Waals surface area contributed by atoms with Gasteiger partial charge in [-0.1, -0.05) is 19.6 Å². The third-order valence-corrected chi connectivity index (χ3v) is 7.22. The van der Waals surface area contributed by atoms with Gasteiger partial charge in [-0.15, -0.1) is 11.8 Å². The molecular formula is C14H28N2O3SSi2. The van der Waals surface area contributed by atoms with E-state index in [4.69, 9.17) is 4.43 Å². The summed E-state index contributed by atoms with van der Waals surface area (Å²) < 4.78 is 5.36. The minimum atomic E-state index is -1.96. The van der Waals surface area contributed by atoms with E-state index in [2.05, 4.69) is 24.6 Å². The van der Waals surface area contributed by atoms with E-state index in [-0.39, 0.29) is 28.0 Å². The number of β-lactam (4-membered cyclic amide) rings is 1. The molecule has 1 N–H and O–H groups in total. The molecule has 2 heterocycles. The molecule has 1 amide bonds. The first-order chi connectivity index (χ1) is 9.73. The summed E-state index contributed by atoms with van der Waals surface area (Å²) in [6.07, 6.45) is 0. The second-order valence-electron chi connectivity index (χ2n) is 8.67. The van der Waals surface area contributed by atoms with Gasteiger partial charge in [0.15, 0.2) is 0 Å². The van der Waals surface area contributed by atoms with Crippen molar-refractivity contribution in [3.8, 4) is 0 Å². The highest BCUT2D eigenvalue weighted by Gasteiger charge is 2.64. The van der Waals surface area contributed by atoms with Gasteiger partial charge in [0.2, 0.25) is 14.2 Å². The molecule has 22 heavy (non-hydrogen) atoms. The highest BCUT2D eigenvalue weighted by Crippen LogP contribution is 2.51. The average molecular weight is 361 g/mol. The van der Waals surface area contributed by atoms with Gasteiger partial charge in [0, 0.05) is 4.75 Å². The Morgan fingerprint density at radius 3 is 2.23 bits per heavy atom. The molecule has 3 atom stereocenters. The van der Waals surface area contributed by atoms with E-state index in [1.165, 1.54) is 0 Å². The Morgan fingerprint density at radius 2 is 1.77 bits per heavy atom. The Bertz CT molecular complexity index is 499. The van der Waals surface area contributed by atoms with Crippen molar-refractivity contribution < 1.29 is 14.0 Å². The molecule has 2 fully saturated rings. The zero-order chi connectivity index (χ0) is 17.1. The van der Waals surface area contributed by atoms with Crippen molar-refractivity contribution in [2.75, 3.05) is 0 Å². The smallest absolute Gasteiger partial charge is 0.317 e. The summed E-state index contributed by atoms with van der Waals surface area (Å²) in [6, 6.07) is -0.623. The van der Waals surface area contributed by atoms with Gasteiger partial charge < -0.3 is 14.3 Å². The summed E-state index contributed by atoms with van der Waals surface area (Å²) in [5.74, 6) is -0.193. The maximum atomic E-state index is 12.6. The Hall–Kier alpha value is -0.316. The van der Waals surface area contributed by atoms with E-state index in [0.29, 0.717) is 0 Å². The predicted octanol–water partition coefficient (Wildman–Crippen LogP) is 2.22. The van der Waals surface area contributed by atoms with Gasteiger partial charge in [-0.25, -0.2) is 0 Å². The fourth-order valence-electron chi connectivity index (χ4n) is 2.95. The van der Waals surface area contributed by atoms with Crippen molar-refractivity contribution >= 4 is 40.2 Å². The van der Waals surface area contributed by atoms with Gasteiger partial charge in [0.25, 0.3) is 0 Å². The standard InChI is InChI=1S/C14H28N2O3SSi2/c1-14(2)10(13(18)19-22(6,7)8)16-11(17)9(12(16)20-14)15-21(3,4)5/h9-10,12,15H,1-8H3/t9-,10+,12-/m1/s1. The van der Waals surface area contributed by atoms with E-state index >= 15 is 0 Å². The van der Waals surface area contributed by atoms with Crippen molar-refractivity contribution in [1.29, 1.82) is 0 Å². The maximum absolute atomic E-state index is 12.6. The third-order valence-electron chi connectivity index (χ3n) is 3.66. The van der Waals surface area contributed by atoms with E-state index in [1.807, 2.05) is 33.5 Å². The molecule has 0 radical (unpaired) electrons. The van der Waals surface area contributed by atoms with Crippen LogP contribution in [0, 0.1) is 0 Å². The lowest BCUT2D eigenvalue weighted by Crippen LogP contribution is -2.73. The molecule has 2 aliphatic heterocycles. The maximum Gasteiger partial charge on any atom is 0.317 e. The quantitative estimate of drug-likeness (QED) is 0.615. The molecule has 0 aliphatic carbocycles. The zero-order valence-corrected chi connectivity index (χ0v) is 17.6. The molecule has 0 saturated carbocycles. The number of hydrogen-bond acceptors (Lipinski definition) is 5. The SMILES string of the molecule is CC1(C)S[C@@H]2[C@H](N[Si](C)(C)C)C(=O)N2[C@H]1C(=O)O[Si](C)(C)C. The van der Waals surface area contributed by atoms with Crippen LogP contribution in [-0.2, 0) is 14.0 Å². The van der Waals surface area contributed by atoms with Crippen LogP contribution in [0.5, 0.6) is 0 Å². The molecule has 0 aromatic heterocycles. The van der Waals surface area contributed by atoms with Gasteiger partial charge in [-0.05, 0) is 33.5 Å². The van der Waals surface area contributed by atoms with Gasteiger partial charge >= 0.3 is 5.97 Å². The number of carbonyl (C=O) groups excluding carboxylic acids is 2. The lowest BCUT2D eigenvalue weighted by molar-refractivity contribution is -0.158. The molecule has 8 heteroatoms. The van der Waals surface area contributed by atoms with Gasteiger partial charge in [-0.2, -0.15) is 0 Å². The predicted molar refractivity (Wildman–Crippen MR) is 95.8 cm³/mol. The number of amides is 1. The molecule has 5 nitrogen and oxygen atoms in total. The van der Waals surface area contributed by atoms with Gasteiger partial charge in [0.1, 0.15) is 25.7 Å². The monoisotopic (exact) mass is 360 g/mol. The van der Waals surface area contributed by atoms with Crippen molar-refractivity contribution in [3.05, 3.63) is 0 Å². The van der Waals surface area contributed by atoms with Crippen molar-refractivity contribution in [3.63, 3.8) is 0 Å². The molecule has 0 aromatic rings. The fraction of sp³-hybridized carbons (Fsp3) is 0.857. The minimum Gasteiger partial charge on any atom is -0.518 e. The number of carbonyl (C=O) groups is 2. The van der Waals surface area contributed by atoms with Gasteiger partial charge in [-0.3, -0.25) is 9.59 Å². The molecule has 2 aliphatic rings. The second-order valence-corrected chi connectivity index (χ2v) is 19.7. The summed E-state index contributed by atoms with van der Waals surface area (Å²) >= 11 is 1.71. The summed E-state index contributed by atoms with van der Waals surface area (Å²) in [4.78, 5) is 30.4. The summed E-state index contributed by atoms with van der Waals surface area (Å²) in [5, 5.41) is 0.0495. The first-order valence-corrected chi connectivity index (χ1v) is 15.5. The Morgan fingerprint density at radius 1 is 1.23 bits per heavy atom. The van der Waals surface area contributed by atoms with Crippen LogP contribution >= 0.6 is 11.8 Å². The Kier molecular flexibility index (Phi) is 4.39. The molecule has 0 bridgehead atoms. The molecule has 126 valence electrons. The number of thioether (sulfide) groups is 1. The van der Waals surface area contributed by atoms with Crippen LogP contribution in [0.15, 0.2) is 0 Å². The Balaban J connectivity index is 2.18. The van der Waals surface area contributed by atoms with Crippen molar-refractivity contribution in [2.24, 2.45) is 0 Å². The normalized spacial score (nSPS) is 30.8. The van der Waals surface area contributed by atoms with Crippen LogP contribution < -0.4 is 4.98 Å². The van der Waals surface area contributed by atoms with Crippen LogP contribution in [0.4, 0.5) is 0 Å². The first kappa shape index (κ1) is 18.0. The van der Waals surface area contributed by atoms with E-state index in [0.717, 1.165) is 0 Å². The van der Waals surface area contributed by atoms with Crippen LogP contribution in [0.25, 0.3) is 0 Å². The lowest BCUT2D eigenvalue weighted by atomic mass is 9.96. The highest BCUT2D eigenvalue weighted by atomic mass is 32.2. The van der Waals surface area contributed by atoms with Crippen LogP contribution in [-0.4, -0.2) is 55.5 Å². The number of nitrogens with one attached hydrogen (secondary N) is 1. The minimum absolute atomic E-state index is 0.0445. The van der Waals surface area contributed by atoms with E-state index in [9.17, 15) is 9.59 Å². The fourth-order valence-corrected chi connectivity index (χ4v) is 6.62. The molecule has 0 spiro atoms. The first-order valence-electron chi connectivity index (χ1n) is 7.73. The highest BCUT2D eigenvalue weighted by molar-refractivity contribution is 8.01. The lowest BCUT2D eigenvalue weighted by Gasteiger charge is -2.46. The summed E-state index contributed by atoms with van der Waals surface area (Å²) in [7, 11) is -3.51. The van der Waals surface area contributed by atoms with Gasteiger partial charge in [0.05, 0.1) is 0 Å². The average Bonchev–Trinajstić information content (AvgIpc) is 2.52. The largest absolute Gasteiger partial charge is 0.518 e. The molecule has 0 unspecified atom stereocenters.